The highest BCUT2D eigenvalue weighted by atomic mass is 16.2. The summed E-state index contributed by atoms with van der Waals surface area (Å²) < 4.78 is 4.98. The smallest absolute Gasteiger partial charge is 0.318 e. The first-order chi connectivity index (χ1) is 18.6. The first-order valence-corrected chi connectivity index (χ1v) is 13.2. The molecule has 3 aromatic heterocycles. The lowest BCUT2D eigenvalue weighted by molar-refractivity contribution is 0.570. The molecule has 0 saturated carbocycles. The molecule has 5 aromatic rings. The van der Waals surface area contributed by atoms with Gasteiger partial charge in [-0.3, -0.25) is 13.9 Å². The van der Waals surface area contributed by atoms with Crippen LogP contribution < -0.4 is 11.2 Å². The second-order valence-corrected chi connectivity index (χ2v) is 9.35. The molecule has 10 heteroatoms. The van der Waals surface area contributed by atoms with Crippen molar-refractivity contribution in [3.63, 3.8) is 0 Å². The van der Waals surface area contributed by atoms with Gasteiger partial charge in [0.1, 0.15) is 5.82 Å². The molecule has 0 radical (unpaired) electrons. The van der Waals surface area contributed by atoms with Crippen molar-refractivity contribution < 1.29 is 0 Å². The van der Waals surface area contributed by atoms with Crippen LogP contribution in [0.5, 0.6) is 0 Å². The van der Waals surface area contributed by atoms with Crippen LogP contribution in [0.3, 0.4) is 0 Å². The molecule has 2 aromatic carbocycles. The lowest BCUT2D eigenvalue weighted by Gasteiger charge is -2.13. The Labute approximate surface area is 220 Å². The lowest BCUT2D eigenvalue weighted by atomic mass is 9.98. The lowest BCUT2D eigenvalue weighted by Crippen LogP contribution is -2.40. The van der Waals surface area contributed by atoms with E-state index in [1.165, 1.54) is 4.57 Å². The number of unbranched alkanes of at least 4 members (excludes halogenated alkanes) is 1. The Morgan fingerprint density at radius 3 is 2.29 bits per heavy atom. The number of nitrogens with zero attached hydrogens (tertiary/aromatic N) is 7. The topological polar surface area (TPSA) is 116 Å². The summed E-state index contributed by atoms with van der Waals surface area (Å²) in [6.07, 6.45) is 3.41. The second kappa shape index (κ2) is 11.0. The Bertz CT molecular complexity index is 1660. The van der Waals surface area contributed by atoms with Crippen LogP contribution in [0.4, 0.5) is 0 Å². The van der Waals surface area contributed by atoms with Crippen molar-refractivity contribution in [2.45, 2.75) is 66.1 Å². The highest BCUT2D eigenvalue weighted by molar-refractivity contribution is 5.80. The summed E-state index contributed by atoms with van der Waals surface area (Å²) in [5.74, 6) is 1.38. The van der Waals surface area contributed by atoms with Gasteiger partial charge in [0, 0.05) is 31.6 Å². The van der Waals surface area contributed by atoms with Crippen LogP contribution in [0.1, 0.15) is 51.4 Å². The minimum atomic E-state index is -0.289. The van der Waals surface area contributed by atoms with Gasteiger partial charge in [0.15, 0.2) is 11.2 Å². The molecule has 5 rings (SSSR count). The van der Waals surface area contributed by atoms with Gasteiger partial charge in [-0.15, -0.1) is 10.2 Å². The SMILES string of the molecule is CCCCc1nc2c(c(=O)n(CCC)c(=O)n2CC)n1Cc1ccc(-c2ccccc2-c2nn[nH]n2)cc1. The molecule has 196 valence electrons. The Hall–Kier alpha value is -4.34. The summed E-state index contributed by atoms with van der Waals surface area (Å²) in [5.41, 5.74) is 4.39. The molecule has 0 aliphatic carbocycles. The van der Waals surface area contributed by atoms with E-state index in [4.69, 9.17) is 4.98 Å². The fourth-order valence-electron chi connectivity index (χ4n) is 4.92. The van der Waals surface area contributed by atoms with Gasteiger partial charge >= 0.3 is 5.69 Å². The van der Waals surface area contributed by atoms with Crippen molar-refractivity contribution in [3.05, 3.63) is 80.8 Å². The van der Waals surface area contributed by atoms with Crippen LogP contribution in [0, 0.1) is 0 Å². The average Bonchev–Trinajstić information content (AvgIpc) is 3.60. The number of tetrazole rings is 1. The van der Waals surface area contributed by atoms with E-state index < -0.39 is 0 Å². The predicted molar refractivity (Wildman–Crippen MR) is 147 cm³/mol. The molecule has 3 heterocycles. The molecule has 0 saturated heterocycles. The largest absolute Gasteiger partial charge is 0.332 e. The zero-order valence-corrected chi connectivity index (χ0v) is 22.0. The molecule has 1 N–H and O–H groups in total. The van der Waals surface area contributed by atoms with Gasteiger partial charge in [-0.25, -0.2) is 9.78 Å². The zero-order valence-electron chi connectivity index (χ0n) is 22.0. The Morgan fingerprint density at radius 1 is 0.868 bits per heavy atom. The summed E-state index contributed by atoms with van der Waals surface area (Å²) >= 11 is 0. The van der Waals surface area contributed by atoms with E-state index in [1.54, 1.807) is 4.57 Å². The van der Waals surface area contributed by atoms with Gasteiger partial charge in [0.25, 0.3) is 5.56 Å². The minimum absolute atomic E-state index is 0.266. The Morgan fingerprint density at radius 2 is 1.63 bits per heavy atom. The molecule has 0 bridgehead atoms. The number of hydrogen-bond acceptors (Lipinski definition) is 6. The summed E-state index contributed by atoms with van der Waals surface area (Å²) in [6.45, 7) is 7.35. The maximum Gasteiger partial charge on any atom is 0.332 e. The number of benzene rings is 2. The van der Waals surface area contributed by atoms with E-state index in [1.807, 2.05) is 42.7 Å². The van der Waals surface area contributed by atoms with Crippen molar-refractivity contribution in [2.75, 3.05) is 0 Å². The summed E-state index contributed by atoms with van der Waals surface area (Å²) in [6, 6.07) is 16.2. The second-order valence-electron chi connectivity index (χ2n) is 9.35. The number of aromatic nitrogens is 8. The van der Waals surface area contributed by atoms with Crippen LogP contribution in [0.2, 0.25) is 0 Å². The number of H-pyrrole nitrogens is 1. The molecule has 0 fully saturated rings. The standard InChI is InChI=1S/C28H32N8O2/c1-4-7-12-23-29-26-24(27(37)35(17-5-2)28(38)34(26)6-3)36(23)18-19-13-15-20(16-14-19)21-10-8-9-11-22(21)25-30-32-33-31-25/h8-11,13-16H,4-7,12,17-18H2,1-3H3,(H,30,31,32,33). The molecule has 10 nitrogen and oxygen atoms in total. The van der Waals surface area contributed by atoms with Gasteiger partial charge < -0.3 is 4.57 Å². The Balaban J connectivity index is 1.58. The van der Waals surface area contributed by atoms with Crippen molar-refractivity contribution >= 4 is 11.2 Å². The van der Waals surface area contributed by atoms with Crippen molar-refractivity contribution in [1.29, 1.82) is 0 Å². The number of imidazole rings is 1. The number of hydrogen-bond donors (Lipinski definition) is 1. The third kappa shape index (κ3) is 4.57. The molecule has 0 aliphatic rings. The first kappa shape index (κ1) is 25.3. The molecule has 0 unspecified atom stereocenters. The molecule has 0 spiro atoms. The molecule has 0 amide bonds. The predicted octanol–water partition coefficient (Wildman–Crippen LogP) is 4.03. The number of rotatable bonds is 10. The van der Waals surface area contributed by atoms with Crippen LogP contribution in [-0.2, 0) is 26.1 Å². The monoisotopic (exact) mass is 512 g/mol. The van der Waals surface area contributed by atoms with E-state index >= 15 is 0 Å². The van der Waals surface area contributed by atoms with Crippen LogP contribution in [0.15, 0.2) is 58.1 Å². The molecule has 0 atom stereocenters. The maximum absolute atomic E-state index is 13.6. The number of fused-ring (bicyclic) bond motifs is 1. The molecular weight excluding hydrogens is 480 g/mol. The minimum Gasteiger partial charge on any atom is -0.318 e. The van der Waals surface area contributed by atoms with Crippen LogP contribution in [-0.4, -0.2) is 39.3 Å². The van der Waals surface area contributed by atoms with Gasteiger partial charge in [0.05, 0.1) is 0 Å². The number of nitrogens with one attached hydrogen (secondary N) is 1. The summed E-state index contributed by atoms with van der Waals surface area (Å²) in [4.78, 5) is 31.5. The van der Waals surface area contributed by atoms with E-state index in [-0.39, 0.29) is 11.2 Å². The number of aryl methyl sites for hydroxylation is 2. The summed E-state index contributed by atoms with van der Waals surface area (Å²) in [5, 5.41) is 14.5. The van der Waals surface area contributed by atoms with E-state index in [9.17, 15) is 9.59 Å². The normalized spacial score (nSPS) is 11.4. The molecule has 0 aliphatic heterocycles. The Kier molecular flexibility index (Phi) is 7.30. The first-order valence-electron chi connectivity index (χ1n) is 13.2. The maximum atomic E-state index is 13.6. The highest BCUT2D eigenvalue weighted by Crippen LogP contribution is 2.30. The molecular formula is C28H32N8O2. The van der Waals surface area contributed by atoms with Crippen molar-refractivity contribution in [2.24, 2.45) is 0 Å². The van der Waals surface area contributed by atoms with E-state index in [2.05, 4.69) is 51.8 Å². The zero-order chi connectivity index (χ0) is 26.6. The van der Waals surface area contributed by atoms with Gasteiger partial charge in [-0.2, -0.15) is 5.21 Å². The highest BCUT2D eigenvalue weighted by Gasteiger charge is 2.21. The van der Waals surface area contributed by atoms with Crippen LogP contribution in [0.25, 0.3) is 33.7 Å². The fraction of sp³-hybridized carbons (Fsp3) is 0.357. The molecule has 38 heavy (non-hydrogen) atoms. The summed E-state index contributed by atoms with van der Waals surface area (Å²) in [7, 11) is 0. The van der Waals surface area contributed by atoms with Crippen molar-refractivity contribution in [3.8, 4) is 22.5 Å². The van der Waals surface area contributed by atoms with Crippen LogP contribution >= 0.6 is 0 Å². The van der Waals surface area contributed by atoms with Gasteiger partial charge in [0.2, 0.25) is 5.82 Å². The van der Waals surface area contributed by atoms with Gasteiger partial charge in [-0.05, 0) is 41.7 Å². The van der Waals surface area contributed by atoms with E-state index in [0.717, 1.165) is 47.3 Å². The number of aromatic amines is 1. The average molecular weight is 513 g/mol. The van der Waals surface area contributed by atoms with Gasteiger partial charge in [-0.1, -0.05) is 68.8 Å². The quantitative estimate of drug-likeness (QED) is 0.302. The third-order valence-electron chi connectivity index (χ3n) is 6.83. The fourth-order valence-corrected chi connectivity index (χ4v) is 4.92. The van der Waals surface area contributed by atoms with Crippen molar-refractivity contribution in [1.82, 2.24) is 39.3 Å². The third-order valence-corrected chi connectivity index (χ3v) is 6.83. The van der Waals surface area contributed by atoms with E-state index in [0.29, 0.717) is 43.0 Å².